The third kappa shape index (κ3) is 4.38. The number of rotatable bonds is 5. The number of likely N-dealkylation sites (tertiary alicyclic amines) is 1. The van der Waals surface area contributed by atoms with Crippen molar-refractivity contribution < 1.29 is 0 Å². The van der Waals surface area contributed by atoms with Crippen molar-refractivity contribution in [2.24, 2.45) is 18.7 Å². The molecule has 0 aliphatic carbocycles. The van der Waals surface area contributed by atoms with E-state index in [1.165, 1.54) is 48.3 Å². The number of nitrogens with zero attached hydrogens (tertiary/aromatic N) is 3. The highest BCUT2D eigenvalue weighted by atomic mass is 35.5. The summed E-state index contributed by atoms with van der Waals surface area (Å²) in [4.78, 5) is 2.59. The van der Waals surface area contributed by atoms with Crippen LogP contribution in [0.4, 0.5) is 0 Å². The molecule has 3 rings (SSSR count). The molecule has 1 aromatic carbocycles. The molecule has 0 radical (unpaired) electrons. The molecule has 0 amide bonds. The van der Waals surface area contributed by atoms with Crippen LogP contribution < -0.4 is 5.73 Å². The van der Waals surface area contributed by atoms with Gasteiger partial charge in [0, 0.05) is 31.9 Å². The van der Waals surface area contributed by atoms with Gasteiger partial charge in [0.2, 0.25) is 0 Å². The first-order valence-electron chi connectivity index (χ1n) is 8.67. The van der Waals surface area contributed by atoms with Crippen LogP contribution in [0.1, 0.15) is 30.4 Å². The van der Waals surface area contributed by atoms with E-state index in [-0.39, 0.29) is 12.4 Å². The van der Waals surface area contributed by atoms with Crippen LogP contribution in [0, 0.1) is 12.8 Å². The first kappa shape index (κ1) is 19.0. The summed E-state index contributed by atoms with van der Waals surface area (Å²) in [6.07, 6.45) is 5.65. The van der Waals surface area contributed by atoms with Gasteiger partial charge in [-0.3, -0.25) is 9.58 Å². The second-order valence-electron chi connectivity index (χ2n) is 6.82. The molecule has 2 N–H and O–H groups in total. The highest BCUT2D eigenvalue weighted by Crippen LogP contribution is 2.27. The molecule has 1 aromatic heterocycles. The second kappa shape index (κ2) is 8.65. The first-order chi connectivity index (χ1) is 11.2. The molecule has 0 spiro atoms. The Bertz CT molecular complexity index is 651. The maximum absolute atomic E-state index is 5.75. The minimum atomic E-state index is 0. The fraction of sp³-hybridized carbons (Fsp3) is 0.526. The average Bonchev–Trinajstić information content (AvgIpc) is 2.96. The molecular formula is C19H29ClN4. The van der Waals surface area contributed by atoms with Crippen molar-refractivity contribution in [3.8, 4) is 11.3 Å². The zero-order valence-corrected chi connectivity index (χ0v) is 15.6. The molecule has 2 heterocycles. The van der Waals surface area contributed by atoms with Gasteiger partial charge in [0.1, 0.15) is 0 Å². The van der Waals surface area contributed by atoms with Gasteiger partial charge in [0.05, 0.1) is 5.69 Å². The monoisotopic (exact) mass is 348 g/mol. The van der Waals surface area contributed by atoms with E-state index in [9.17, 15) is 0 Å². The normalized spacial score (nSPS) is 18.4. The third-order valence-corrected chi connectivity index (χ3v) is 4.93. The largest absolute Gasteiger partial charge is 0.330 e. The first-order valence-corrected chi connectivity index (χ1v) is 8.67. The van der Waals surface area contributed by atoms with Gasteiger partial charge in [-0.2, -0.15) is 5.10 Å². The lowest BCUT2D eigenvalue weighted by molar-refractivity contribution is 0.163. The van der Waals surface area contributed by atoms with Crippen molar-refractivity contribution >= 4 is 12.4 Å². The number of hydrogen-bond donors (Lipinski definition) is 1. The van der Waals surface area contributed by atoms with E-state index >= 15 is 0 Å². The third-order valence-electron chi connectivity index (χ3n) is 4.93. The summed E-state index contributed by atoms with van der Waals surface area (Å²) in [5, 5.41) is 4.34. The summed E-state index contributed by atoms with van der Waals surface area (Å²) in [5.74, 6) is 0.763. The van der Waals surface area contributed by atoms with Gasteiger partial charge in [-0.1, -0.05) is 17.7 Å². The predicted molar refractivity (Wildman–Crippen MR) is 102 cm³/mol. The van der Waals surface area contributed by atoms with E-state index in [0.29, 0.717) is 0 Å². The highest BCUT2D eigenvalue weighted by Gasteiger charge is 2.20. The van der Waals surface area contributed by atoms with Gasteiger partial charge >= 0.3 is 0 Å². The van der Waals surface area contributed by atoms with Crippen molar-refractivity contribution in [1.29, 1.82) is 0 Å². The van der Waals surface area contributed by atoms with Gasteiger partial charge in [0.15, 0.2) is 0 Å². The Morgan fingerprint density at radius 3 is 2.83 bits per heavy atom. The number of hydrogen-bond acceptors (Lipinski definition) is 3. The van der Waals surface area contributed by atoms with Crippen LogP contribution in [-0.4, -0.2) is 34.3 Å². The van der Waals surface area contributed by atoms with E-state index in [2.05, 4.69) is 41.2 Å². The minimum absolute atomic E-state index is 0. The van der Waals surface area contributed by atoms with Gasteiger partial charge in [0.25, 0.3) is 0 Å². The zero-order chi connectivity index (χ0) is 16.2. The minimum Gasteiger partial charge on any atom is -0.330 e. The van der Waals surface area contributed by atoms with Crippen molar-refractivity contribution in [2.45, 2.75) is 32.7 Å². The second-order valence-corrected chi connectivity index (χ2v) is 6.82. The molecule has 0 saturated carbocycles. The summed E-state index contributed by atoms with van der Waals surface area (Å²) in [7, 11) is 2.01. The average molecular weight is 349 g/mol. The smallest absolute Gasteiger partial charge is 0.0682 e. The Morgan fingerprint density at radius 1 is 1.29 bits per heavy atom. The van der Waals surface area contributed by atoms with E-state index < -0.39 is 0 Å². The number of nitrogens with two attached hydrogens (primary N) is 1. The lowest BCUT2D eigenvalue weighted by Gasteiger charge is -2.33. The molecule has 0 bridgehead atoms. The van der Waals surface area contributed by atoms with Crippen LogP contribution >= 0.6 is 12.4 Å². The molecule has 1 aliphatic heterocycles. The van der Waals surface area contributed by atoms with Crippen molar-refractivity contribution in [3.05, 3.63) is 41.6 Å². The molecule has 5 heteroatoms. The Balaban J connectivity index is 0.00000208. The highest BCUT2D eigenvalue weighted by molar-refractivity contribution is 5.85. The van der Waals surface area contributed by atoms with E-state index in [0.717, 1.165) is 25.4 Å². The van der Waals surface area contributed by atoms with Gasteiger partial charge in [-0.05, 0) is 62.9 Å². The van der Waals surface area contributed by atoms with Gasteiger partial charge < -0.3 is 5.73 Å². The molecule has 1 saturated heterocycles. The SMILES string of the molecule is Cc1ccc(CN2CCCC(CCN)C2)c(-c2ccnn2C)c1.Cl. The molecule has 1 atom stereocenters. The van der Waals surface area contributed by atoms with Crippen LogP contribution in [0.2, 0.25) is 0 Å². The number of halogens is 1. The zero-order valence-electron chi connectivity index (χ0n) is 14.7. The van der Waals surface area contributed by atoms with Crippen LogP contribution in [0.3, 0.4) is 0 Å². The number of benzene rings is 1. The molecule has 1 unspecified atom stereocenters. The standard InChI is InChI=1S/C19H28N4.ClH/c1-15-5-6-17(18(12-15)19-8-10-21-22(19)2)14-23-11-3-4-16(13-23)7-9-20;/h5-6,8,10,12,16H,3-4,7,9,11,13-14,20H2,1-2H3;1H. The Hall–Kier alpha value is -1.36. The Kier molecular flexibility index (Phi) is 6.84. The number of piperidine rings is 1. The molecule has 132 valence electrons. The molecular weight excluding hydrogens is 320 g/mol. The topological polar surface area (TPSA) is 47.1 Å². The molecule has 1 fully saturated rings. The lowest BCUT2D eigenvalue weighted by atomic mass is 9.93. The molecule has 4 nitrogen and oxygen atoms in total. The summed E-state index contributed by atoms with van der Waals surface area (Å²) in [5.41, 5.74) is 10.9. The quantitative estimate of drug-likeness (QED) is 0.901. The van der Waals surface area contributed by atoms with Crippen molar-refractivity contribution in [2.75, 3.05) is 19.6 Å². The molecule has 24 heavy (non-hydrogen) atoms. The van der Waals surface area contributed by atoms with E-state index in [4.69, 9.17) is 5.73 Å². The van der Waals surface area contributed by atoms with E-state index in [1.807, 2.05) is 17.9 Å². The summed E-state index contributed by atoms with van der Waals surface area (Å²) in [6, 6.07) is 8.89. The van der Waals surface area contributed by atoms with E-state index in [1.54, 1.807) is 0 Å². The summed E-state index contributed by atoms with van der Waals surface area (Å²) < 4.78 is 1.96. The Morgan fingerprint density at radius 2 is 2.12 bits per heavy atom. The number of aromatic nitrogens is 2. The van der Waals surface area contributed by atoms with Crippen LogP contribution in [0.15, 0.2) is 30.5 Å². The number of aryl methyl sites for hydroxylation is 2. The van der Waals surface area contributed by atoms with Crippen molar-refractivity contribution in [1.82, 2.24) is 14.7 Å². The summed E-state index contributed by atoms with van der Waals surface area (Å²) in [6.45, 7) is 6.35. The van der Waals surface area contributed by atoms with Crippen LogP contribution in [0.25, 0.3) is 11.3 Å². The van der Waals surface area contributed by atoms with Crippen molar-refractivity contribution in [3.63, 3.8) is 0 Å². The fourth-order valence-electron chi connectivity index (χ4n) is 3.71. The Labute approximate surface area is 151 Å². The van der Waals surface area contributed by atoms with Gasteiger partial charge in [-0.15, -0.1) is 12.4 Å². The maximum Gasteiger partial charge on any atom is 0.0682 e. The lowest BCUT2D eigenvalue weighted by Crippen LogP contribution is -2.35. The van der Waals surface area contributed by atoms with Gasteiger partial charge in [-0.25, -0.2) is 0 Å². The maximum atomic E-state index is 5.75. The fourth-order valence-corrected chi connectivity index (χ4v) is 3.71. The molecule has 1 aliphatic rings. The van der Waals surface area contributed by atoms with Crippen LogP contribution in [0.5, 0.6) is 0 Å². The summed E-state index contributed by atoms with van der Waals surface area (Å²) >= 11 is 0. The van der Waals surface area contributed by atoms with Crippen LogP contribution in [-0.2, 0) is 13.6 Å². The predicted octanol–water partition coefficient (Wildman–Crippen LogP) is 3.38. The molecule has 2 aromatic rings.